The fraction of sp³-hybridized carbons (Fsp3) is 0.600. The van der Waals surface area contributed by atoms with Gasteiger partial charge in [-0.25, -0.2) is 12.8 Å². The Morgan fingerprint density at radius 1 is 1.50 bits per heavy atom. The van der Waals surface area contributed by atoms with E-state index in [-0.39, 0.29) is 10.9 Å². The summed E-state index contributed by atoms with van der Waals surface area (Å²) >= 11 is 0. The van der Waals surface area contributed by atoms with Gasteiger partial charge in [0.2, 0.25) is 0 Å². The van der Waals surface area contributed by atoms with Crippen LogP contribution in [-0.2, 0) is 9.84 Å². The van der Waals surface area contributed by atoms with Gasteiger partial charge in [0.05, 0.1) is 5.60 Å². The van der Waals surface area contributed by atoms with E-state index in [1.165, 1.54) is 12.1 Å². The third-order valence-corrected chi connectivity index (χ3v) is 5.25. The highest BCUT2D eigenvalue weighted by Gasteiger charge is 2.34. The van der Waals surface area contributed by atoms with Gasteiger partial charge in [-0.05, 0) is 38.1 Å². The first kappa shape index (κ1) is 17.3. The lowest BCUT2D eigenvalue weighted by atomic mass is 10.0. The molecular formula is C15H23FN2O3S. The molecule has 1 aromatic carbocycles. The van der Waals surface area contributed by atoms with E-state index in [4.69, 9.17) is 0 Å². The summed E-state index contributed by atoms with van der Waals surface area (Å²) in [4.78, 5) is 1.77. The summed E-state index contributed by atoms with van der Waals surface area (Å²) in [6.45, 7) is 3.73. The van der Waals surface area contributed by atoms with E-state index in [9.17, 15) is 17.9 Å². The van der Waals surface area contributed by atoms with Gasteiger partial charge in [0, 0.05) is 31.9 Å². The summed E-state index contributed by atoms with van der Waals surface area (Å²) in [6.07, 6.45) is 1.68. The standard InChI is InChI=1S/C15H23FN2O3S/c1-11(17-9-15(19)6-7-18(2)10-15)12-4-5-14(13(16)8-12)22(3,20)21/h4-5,8,11,17,19H,6-7,9-10H2,1-3H3. The second-order valence-corrected chi connectivity index (χ2v) is 8.26. The minimum Gasteiger partial charge on any atom is -0.387 e. The number of β-amino-alcohol motifs (C(OH)–C–C–N with tert-alkyl or cyclic N) is 1. The van der Waals surface area contributed by atoms with Gasteiger partial charge in [-0.15, -0.1) is 0 Å². The number of aliphatic hydroxyl groups is 1. The molecule has 1 fully saturated rings. The van der Waals surface area contributed by atoms with E-state index in [0.29, 0.717) is 25.1 Å². The van der Waals surface area contributed by atoms with E-state index < -0.39 is 21.3 Å². The third-order valence-electron chi connectivity index (χ3n) is 4.12. The second kappa shape index (κ2) is 6.23. The molecule has 0 radical (unpaired) electrons. The van der Waals surface area contributed by atoms with Gasteiger partial charge in [0.15, 0.2) is 9.84 Å². The largest absolute Gasteiger partial charge is 0.387 e. The lowest BCUT2D eigenvalue weighted by Gasteiger charge is -2.25. The molecule has 124 valence electrons. The summed E-state index contributed by atoms with van der Waals surface area (Å²) in [5, 5.41) is 13.6. The van der Waals surface area contributed by atoms with Gasteiger partial charge >= 0.3 is 0 Å². The number of hydrogen-bond donors (Lipinski definition) is 2. The highest BCUT2D eigenvalue weighted by atomic mass is 32.2. The molecule has 0 bridgehead atoms. The van der Waals surface area contributed by atoms with E-state index >= 15 is 0 Å². The minimum absolute atomic E-state index is 0.182. The molecule has 0 amide bonds. The Morgan fingerprint density at radius 3 is 2.68 bits per heavy atom. The van der Waals surface area contributed by atoms with E-state index in [1.54, 1.807) is 6.07 Å². The normalized spacial score (nSPS) is 24.6. The molecule has 0 aliphatic carbocycles. The SMILES string of the molecule is CC(NCC1(O)CCN(C)C1)c1ccc(S(C)(=O)=O)c(F)c1. The first-order valence-corrected chi connectivity index (χ1v) is 9.14. The summed E-state index contributed by atoms with van der Waals surface area (Å²) in [5.74, 6) is -0.743. The van der Waals surface area contributed by atoms with E-state index in [2.05, 4.69) is 10.2 Å². The molecule has 1 saturated heterocycles. The van der Waals surface area contributed by atoms with Crippen molar-refractivity contribution in [1.82, 2.24) is 10.2 Å². The predicted molar refractivity (Wildman–Crippen MR) is 83.0 cm³/mol. The fourth-order valence-corrected chi connectivity index (χ4v) is 3.48. The minimum atomic E-state index is -3.56. The molecule has 0 saturated carbocycles. The quantitative estimate of drug-likeness (QED) is 0.841. The van der Waals surface area contributed by atoms with Crippen molar-refractivity contribution in [3.8, 4) is 0 Å². The first-order chi connectivity index (χ1) is 10.1. The van der Waals surface area contributed by atoms with Crippen LogP contribution < -0.4 is 5.32 Å². The molecular weight excluding hydrogens is 307 g/mol. The number of likely N-dealkylation sites (tertiary alicyclic amines) is 1. The Bertz CT molecular complexity index is 650. The van der Waals surface area contributed by atoms with Crippen LogP contribution in [0.5, 0.6) is 0 Å². The Labute approximate surface area is 131 Å². The van der Waals surface area contributed by atoms with Crippen molar-refractivity contribution >= 4 is 9.84 Å². The summed E-state index contributed by atoms with van der Waals surface area (Å²) in [7, 11) is -1.60. The van der Waals surface area contributed by atoms with Gasteiger partial charge in [0.25, 0.3) is 0 Å². The van der Waals surface area contributed by atoms with Crippen LogP contribution >= 0.6 is 0 Å². The molecule has 1 aliphatic heterocycles. The summed E-state index contributed by atoms with van der Waals surface area (Å²) in [6, 6.07) is 3.94. The van der Waals surface area contributed by atoms with Crippen molar-refractivity contribution in [2.75, 3.05) is 32.9 Å². The number of rotatable bonds is 5. The number of halogens is 1. The Balaban J connectivity index is 2.04. The van der Waals surface area contributed by atoms with Crippen LogP contribution in [0, 0.1) is 5.82 Å². The van der Waals surface area contributed by atoms with Gasteiger partial charge < -0.3 is 15.3 Å². The molecule has 22 heavy (non-hydrogen) atoms. The van der Waals surface area contributed by atoms with Crippen LogP contribution in [0.25, 0.3) is 0 Å². The number of nitrogens with zero attached hydrogens (tertiary/aromatic N) is 1. The number of sulfone groups is 1. The maximum absolute atomic E-state index is 13.9. The Kier molecular flexibility index (Phi) is 4.91. The number of likely N-dealkylation sites (N-methyl/N-ethyl adjacent to an activating group) is 1. The van der Waals surface area contributed by atoms with E-state index in [1.807, 2.05) is 14.0 Å². The third kappa shape index (κ3) is 4.04. The van der Waals surface area contributed by atoms with Crippen LogP contribution in [-0.4, -0.2) is 57.0 Å². The molecule has 1 aliphatic rings. The molecule has 2 unspecified atom stereocenters. The molecule has 5 nitrogen and oxygen atoms in total. The molecule has 1 heterocycles. The monoisotopic (exact) mass is 330 g/mol. The van der Waals surface area contributed by atoms with Crippen LogP contribution in [0.4, 0.5) is 4.39 Å². The zero-order valence-corrected chi connectivity index (χ0v) is 14.0. The van der Waals surface area contributed by atoms with Crippen molar-refractivity contribution in [2.24, 2.45) is 0 Å². The summed E-state index contributed by atoms with van der Waals surface area (Å²) in [5.41, 5.74) is -0.117. The fourth-order valence-electron chi connectivity index (χ4n) is 2.75. The van der Waals surface area contributed by atoms with Crippen molar-refractivity contribution in [3.05, 3.63) is 29.6 Å². The van der Waals surface area contributed by atoms with Crippen LogP contribution in [0.1, 0.15) is 24.9 Å². The number of nitrogens with one attached hydrogen (secondary N) is 1. The van der Waals surface area contributed by atoms with Crippen molar-refractivity contribution in [3.63, 3.8) is 0 Å². The zero-order valence-electron chi connectivity index (χ0n) is 13.1. The smallest absolute Gasteiger partial charge is 0.178 e. The average molecular weight is 330 g/mol. The van der Waals surface area contributed by atoms with Crippen molar-refractivity contribution in [1.29, 1.82) is 0 Å². The maximum atomic E-state index is 13.9. The number of hydrogen-bond acceptors (Lipinski definition) is 5. The van der Waals surface area contributed by atoms with Crippen molar-refractivity contribution in [2.45, 2.75) is 29.9 Å². The molecule has 1 aromatic rings. The highest BCUT2D eigenvalue weighted by molar-refractivity contribution is 7.90. The Morgan fingerprint density at radius 2 is 2.18 bits per heavy atom. The molecule has 2 atom stereocenters. The predicted octanol–water partition coefficient (Wildman–Crippen LogP) is 0.946. The molecule has 0 aromatic heterocycles. The van der Waals surface area contributed by atoms with Gasteiger partial charge in [-0.1, -0.05) is 6.07 Å². The maximum Gasteiger partial charge on any atom is 0.178 e. The van der Waals surface area contributed by atoms with E-state index in [0.717, 1.165) is 12.8 Å². The average Bonchev–Trinajstić information content (AvgIpc) is 2.75. The topological polar surface area (TPSA) is 69.6 Å². The van der Waals surface area contributed by atoms with Gasteiger partial charge in [-0.3, -0.25) is 0 Å². The van der Waals surface area contributed by atoms with Crippen LogP contribution in [0.2, 0.25) is 0 Å². The Hall–Kier alpha value is -1.02. The second-order valence-electron chi connectivity index (χ2n) is 6.28. The first-order valence-electron chi connectivity index (χ1n) is 7.24. The van der Waals surface area contributed by atoms with Crippen molar-refractivity contribution < 1.29 is 17.9 Å². The van der Waals surface area contributed by atoms with Gasteiger partial charge in [0.1, 0.15) is 10.7 Å². The van der Waals surface area contributed by atoms with Crippen LogP contribution in [0.15, 0.2) is 23.1 Å². The van der Waals surface area contributed by atoms with Crippen LogP contribution in [0.3, 0.4) is 0 Å². The number of benzene rings is 1. The lowest BCUT2D eigenvalue weighted by Crippen LogP contribution is -2.43. The molecule has 0 spiro atoms. The molecule has 2 N–H and O–H groups in total. The highest BCUT2D eigenvalue weighted by Crippen LogP contribution is 2.23. The summed E-state index contributed by atoms with van der Waals surface area (Å²) < 4.78 is 36.7. The lowest BCUT2D eigenvalue weighted by molar-refractivity contribution is 0.0494. The van der Waals surface area contributed by atoms with Gasteiger partial charge in [-0.2, -0.15) is 0 Å². The molecule has 7 heteroatoms. The molecule has 2 rings (SSSR count). The zero-order chi connectivity index (χ0) is 16.5.